The molecule has 0 aliphatic carbocycles. The minimum Gasteiger partial charge on any atom is -0.467 e. The summed E-state index contributed by atoms with van der Waals surface area (Å²) in [7, 11) is 0. The fraction of sp³-hybridized carbons (Fsp3) is 0.438. The van der Waals surface area contributed by atoms with Gasteiger partial charge in [0.2, 0.25) is 0 Å². The van der Waals surface area contributed by atoms with Crippen LogP contribution in [0.5, 0.6) is 0 Å². The van der Waals surface area contributed by atoms with Gasteiger partial charge in [-0.05, 0) is 36.4 Å². The predicted molar refractivity (Wildman–Crippen MR) is 84.6 cm³/mol. The van der Waals surface area contributed by atoms with Crippen molar-refractivity contribution in [1.29, 1.82) is 0 Å². The minimum atomic E-state index is -0.0831. The highest BCUT2D eigenvalue weighted by molar-refractivity contribution is 7.09. The molecule has 2 amide bonds. The van der Waals surface area contributed by atoms with E-state index >= 15 is 0 Å². The summed E-state index contributed by atoms with van der Waals surface area (Å²) in [6, 6.07) is 7.64. The quantitative estimate of drug-likeness (QED) is 0.889. The molecule has 1 aliphatic heterocycles. The Hall–Kier alpha value is -1.79. The average Bonchev–Trinajstić information content (AvgIpc) is 3.27. The SMILES string of the molecule is O=C(NCc1ccco1)N(Cc1cccs1)C[C@H]1CCCO1. The summed E-state index contributed by atoms with van der Waals surface area (Å²) in [5.74, 6) is 0.751. The lowest BCUT2D eigenvalue weighted by molar-refractivity contribution is 0.0795. The van der Waals surface area contributed by atoms with Crippen LogP contribution in [0.3, 0.4) is 0 Å². The zero-order valence-electron chi connectivity index (χ0n) is 12.4. The van der Waals surface area contributed by atoms with Crippen LogP contribution in [-0.4, -0.2) is 30.2 Å². The van der Waals surface area contributed by atoms with Gasteiger partial charge in [-0.25, -0.2) is 4.79 Å². The highest BCUT2D eigenvalue weighted by Gasteiger charge is 2.23. The van der Waals surface area contributed by atoms with Crippen LogP contribution in [0.2, 0.25) is 0 Å². The Labute approximate surface area is 133 Å². The van der Waals surface area contributed by atoms with Crippen molar-refractivity contribution < 1.29 is 13.9 Å². The molecule has 0 unspecified atom stereocenters. The first-order valence-corrected chi connectivity index (χ1v) is 8.38. The van der Waals surface area contributed by atoms with Crippen LogP contribution in [-0.2, 0) is 17.8 Å². The Morgan fingerprint density at radius 1 is 1.41 bits per heavy atom. The van der Waals surface area contributed by atoms with Gasteiger partial charge in [0, 0.05) is 18.0 Å². The molecular formula is C16H20N2O3S. The molecule has 0 bridgehead atoms. The number of hydrogen-bond acceptors (Lipinski definition) is 4. The summed E-state index contributed by atoms with van der Waals surface area (Å²) in [6.45, 7) is 2.44. The maximum absolute atomic E-state index is 12.5. The third-order valence-electron chi connectivity index (χ3n) is 3.66. The number of nitrogens with zero attached hydrogens (tertiary/aromatic N) is 1. The van der Waals surface area contributed by atoms with Gasteiger partial charge in [-0.15, -0.1) is 11.3 Å². The number of furan rings is 1. The van der Waals surface area contributed by atoms with Crippen LogP contribution < -0.4 is 5.32 Å². The molecule has 118 valence electrons. The standard InChI is InChI=1S/C16H20N2O3S/c19-16(17-10-13-4-1-7-20-13)18(11-14-5-2-8-21-14)12-15-6-3-9-22-15/h1,3-4,6-7,9,14H,2,5,8,10-12H2,(H,17,19)/t14-/m1/s1. The van der Waals surface area contributed by atoms with Crippen LogP contribution in [0, 0.1) is 0 Å². The van der Waals surface area contributed by atoms with E-state index in [9.17, 15) is 4.79 Å². The first-order valence-electron chi connectivity index (χ1n) is 7.50. The van der Waals surface area contributed by atoms with Gasteiger partial charge in [-0.1, -0.05) is 6.07 Å². The van der Waals surface area contributed by atoms with Gasteiger partial charge >= 0.3 is 6.03 Å². The molecule has 0 radical (unpaired) electrons. The number of hydrogen-bond donors (Lipinski definition) is 1. The summed E-state index contributed by atoms with van der Waals surface area (Å²) in [5, 5.41) is 4.94. The Bertz CT molecular complexity index is 562. The number of thiophene rings is 1. The van der Waals surface area contributed by atoms with Crippen molar-refractivity contribution in [3.05, 3.63) is 46.5 Å². The lowest BCUT2D eigenvalue weighted by Gasteiger charge is -2.25. The van der Waals surface area contributed by atoms with Crippen molar-refractivity contribution in [2.24, 2.45) is 0 Å². The second-order valence-electron chi connectivity index (χ2n) is 5.33. The van der Waals surface area contributed by atoms with Gasteiger partial charge in [-0.2, -0.15) is 0 Å². The van der Waals surface area contributed by atoms with Gasteiger partial charge in [0.25, 0.3) is 0 Å². The molecule has 6 heteroatoms. The Morgan fingerprint density at radius 3 is 3.05 bits per heavy atom. The number of urea groups is 1. The van der Waals surface area contributed by atoms with Crippen molar-refractivity contribution in [2.45, 2.75) is 32.0 Å². The van der Waals surface area contributed by atoms with E-state index in [0.717, 1.165) is 25.2 Å². The van der Waals surface area contributed by atoms with Crippen molar-refractivity contribution in [1.82, 2.24) is 10.2 Å². The van der Waals surface area contributed by atoms with Crippen LogP contribution in [0.4, 0.5) is 4.79 Å². The van der Waals surface area contributed by atoms with Gasteiger partial charge in [-0.3, -0.25) is 0 Å². The zero-order valence-corrected chi connectivity index (χ0v) is 13.2. The second-order valence-corrected chi connectivity index (χ2v) is 6.37. The molecule has 3 rings (SSSR count). The van der Waals surface area contributed by atoms with Crippen LogP contribution in [0.1, 0.15) is 23.5 Å². The fourth-order valence-corrected chi connectivity index (χ4v) is 3.25. The number of nitrogens with one attached hydrogen (secondary N) is 1. The lowest BCUT2D eigenvalue weighted by atomic mass is 10.2. The van der Waals surface area contributed by atoms with Gasteiger partial charge in [0.1, 0.15) is 5.76 Å². The van der Waals surface area contributed by atoms with Crippen molar-refractivity contribution in [3.63, 3.8) is 0 Å². The van der Waals surface area contributed by atoms with Crippen LogP contribution in [0.15, 0.2) is 40.3 Å². The molecule has 0 saturated carbocycles. The molecule has 5 nitrogen and oxygen atoms in total. The Morgan fingerprint density at radius 2 is 2.36 bits per heavy atom. The third kappa shape index (κ3) is 4.11. The molecule has 3 heterocycles. The van der Waals surface area contributed by atoms with E-state index in [2.05, 4.69) is 5.32 Å². The third-order valence-corrected chi connectivity index (χ3v) is 4.52. The Kier molecular flexibility index (Phi) is 5.13. The summed E-state index contributed by atoms with van der Waals surface area (Å²) < 4.78 is 10.9. The van der Waals surface area contributed by atoms with Gasteiger partial charge in [0.15, 0.2) is 0 Å². The molecule has 1 N–H and O–H groups in total. The first-order chi connectivity index (χ1) is 10.8. The average molecular weight is 320 g/mol. The lowest BCUT2D eigenvalue weighted by Crippen LogP contribution is -2.42. The molecule has 0 aromatic carbocycles. The molecule has 0 spiro atoms. The molecule has 1 saturated heterocycles. The van der Waals surface area contributed by atoms with E-state index in [1.807, 2.05) is 34.5 Å². The molecular weight excluding hydrogens is 300 g/mol. The zero-order chi connectivity index (χ0) is 15.2. The van der Waals surface area contributed by atoms with Gasteiger partial charge < -0.3 is 19.4 Å². The number of amides is 2. The normalized spacial score (nSPS) is 17.5. The number of carbonyl (C=O) groups excluding carboxylic acids is 1. The van der Waals surface area contributed by atoms with E-state index in [4.69, 9.17) is 9.15 Å². The molecule has 2 aromatic heterocycles. The molecule has 1 fully saturated rings. The van der Waals surface area contributed by atoms with Crippen molar-refractivity contribution in [3.8, 4) is 0 Å². The predicted octanol–water partition coefficient (Wildman–Crippen LogP) is 3.23. The molecule has 1 aliphatic rings. The second kappa shape index (κ2) is 7.47. The van der Waals surface area contributed by atoms with Crippen molar-refractivity contribution in [2.75, 3.05) is 13.2 Å². The maximum Gasteiger partial charge on any atom is 0.318 e. The van der Waals surface area contributed by atoms with Crippen LogP contribution in [0.25, 0.3) is 0 Å². The minimum absolute atomic E-state index is 0.0831. The smallest absolute Gasteiger partial charge is 0.318 e. The summed E-state index contributed by atoms with van der Waals surface area (Å²) in [4.78, 5) is 15.5. The fourth-order valence-electron chi connectivity index (χ4n) is 2.53. The van der Waals surface area contributed by atoms with Crippen LogP contribution >= 0.6 is 11.3 Å². The van der Waals surface area contributed by atoms with Gasteiger partial charge in [0.05, 0.1) is 25.5 Å². The number of ether oxygens (including phenoxy) is 1. The summed E-state index contributed by atoms with van der Waals surface area (Å²) >= 11 is 1.66. The number of rotatable bonds is 6. The first kappa shape index (κ1) is 15.1. The summed E-state index contributed by atoms with van der Waals surface area (Å²) in [5.41, 5.74) is 0. The van der Waals surface area contributed by atoms with E-state index in [1.54, 1.807) is 17.6 Å². The largest absolute Gasteiger partial charge is 0.467 e. The number of carbonyl (C=O) groups is 1. The van der Waals surface area contributed by atoms with E-state index < -0.39 is 0 Å². The van der Waals surface area contributed by atoms with E-state index in [1.165, 1.54) is 4.88 Å². The summed E-state index contributed by atoms with van der Waals surface area (Å²) in [6.07, 6.45) is 3.85. The van der Waals surface area contributed by atoms with E-state index in [-0.39, 0.29) is 12.1 Å². The van der Waals surface area contributed by atoms with E-state index in [0.29, 0.717) is 19.6 Å². The molecule has 2 aromatic rings. The molecule has 1 atom stereocenters. The highest BCUT2D eigenvalue weighted by atomic mass is 32.1. The topological polar surface area (TPSA) is 54.7 Å². The maximum atomic E-state index is 12.5. The highest BCUT2D eigenvalue weighted by Crippen LogP contribution is 2.17. The molecule has 22 heavy (non-hydrogen) atoms. The monoisotopic (exact) mass is 320 g/mol. The van der Waals surface area contributed by atoms with Crippen molar-refractivity contribution >= 4 is 17.4 Å². The Balaban J connectivity index is 1.59.